The molecule has 0 aliphatic rings. The Bertz CT molecular complexity index is 494. The third kappa shape index (κ3) is 3.07. The molecule has 3 heteroatoms. The summed E-state index contributed by atoms with van der Waals surface area (Å²) in [6.45, 7) is 4.34. The first-order chi connectivity index (χ1) is 8.16. The molecule has 17 heavy (non-hydrogen) atoms. The molecule has 0 bridgehead atoms. The van der Waals surface area contributed by atoms with Crippen molar-refractivity contribution in [3.05, 3.63) is 52.6 Å². The molecule has 0 N–H and O–H groups in total. The van der Waals surface area contributed by atoms with Gasteiger partial charge in [0.2, 0.25) is 5.88 Å². The van der Waals surface area contributed by atoms with Crippen molar-refractivity contribution in [3.63, 3.8) is 0 Å². The number of rotatable bonds is 3. The average molecular weight is 292 g/mol. The summed E-state index contributed by atoms with van der Waals surface area (Å²) in [5.41, 5.74) is 1.30. The van der Waals surface area contributed by atoms with Gasteiger partial charge in [-0.2, -0.15) is 0 Å². The minimum Gasteiger partial charge on any atom is -0.438 e. The third-order valence-electron chi connectivity index (χ3n) is 2.49. The smallest absolute Gasteiger partial charge is 0.233 e. The maximum absolute atomic E-state index is 5.69. The lowest BCUT2D eigenvalue weighted by Crippen LogP contribution is -1.90. The molecule has 88 valence electrons. The SMILES string of the molecule is CC(C)c1ccc(Oc2ncccc2Br)cc1. The van der Waals surface area contributed by atoms with Gasteiger partial charge in [-0.05, 0) is 51.7 Å². The lowest BCUT2D eigenvalue weighted by molar-refractivity contribution is 0.459. The molecule has 2 nitrogen and oxygen atoms in total. The lowest BCUT2D eigenvalue weighted by Gasteiger charge is -2.08. The van der Waals surface area contributed by atoms with Gasteiger partial charge in [0.15, 0.2) is 0 Å². The largest absolute Gasteiger partial charge is 0.438 e. The first-order valence-electron chi connectivity index (χ1n) is 5.55. The van der Waals surface area contributed by atoms with Crippen LogP contribution in [0.25, 0.3) is 0 Å². The van der Waals surface area contributed by atoms with Crippen LogP contribution in [0, 0.1) is 0 Å². The number of pyridine rings is 1. The van der Waals surface area contributed by atoms with Crippen molar-refractivity contribution in [3.8, 4) is 11.6 Å². The van der Waals surface area contributed by atoms with E-state index in [9.17, 15) is 0 Å². The minimum atomic E-state index is 0.533. The standard InChI is InChI=1S/C14H14BrNO/c1-10(2)11-5-7-12(8-6-11)17-14-13(15)4-3-9-16-14/h3-10H,1-2H3. The highest BCUT2D eigenvalue weighted by Crippen LogP contribution is 2.27. The van der Waals surface area contributed by atoms with Crippen molar-refractivity contribution in [1.82, 2.24) is 4.98 Å². The summed E-state index contributed by atoms with van der Waals surface area (Å²) >= 11 is 3.40. The average Bonchev–Trinajstić information content (AvgIpc) is 2.33. The number of benzene rings is 1. The van der Waals surface area contributed by atoms with Gasteiger partial charge in [0.05, 0.1) is 4.47 Å². The fraction of sp³-hybridized carbons (Fsp3) is 0.214. The van der Waals surface area contributed by atoms with Crippen LogP contribution in [-0.4, -0.2) is 4.98 Å². The van der Waals surface area contributed by atoms with Crippen molar-refractivity contribution in [2.24, 2.45) is 0 Å². The number of ether oxygens (including phenoxy) is 1. The molecule has 0 unspecified atom stereocenters. The second kappa shape index (κ2) is 5.32. The highest BCUT2D eigenvalue weighted by Gasteiger charge is 2.04. The molecule has 1 heterocycles. The molecule has 0 saturated heterocycles. The van der Waals surface area contributed by atoms with Crippen LogP contribution in [0.4, 0.5) is 0 Å². The predicted octanol–water partition coefficient (Wildman–Crippen LogP) is 4.76. The van der Waals surface area contributed by atoms with E-state index in [1.54, 1.807) is 6.20 Å². The maximum Gasteiger partial charge on any atom is 0.233 e. The summed E-state index contributed by atoms with van der Waals surface area (Å²) in [5, 5.41) is 0. The van der Waals surface area contributed by atoms with Crippen LogP contribution in [-0.2, 0) is 0 Å². The van der Waals surface area contributed by atoms with E-state index in [1.807, 2.05) is 24.3 Å². The van der Waals surface area contributed by atoms with Crippen molar-refractivity contribution in [2.45, 2.75) is 19.8 Å². The molecule has 2 rings (SSSR count). The Balaban J connectivity index is 2.17. The van der Waals surface area contributed by atoms with E-state index < -0.39 is 0 Å². The Hall–Kier alpha value is -1.35. The summed E-state index contributed by atoms with van der Waals surface area (Å²) < 4.78 is 6.54. The molecule has 0 aliphatic heterocycles. The molecular weight excluding hydrogens is 278 g/mol. The molecule has 1 aromatic heterocycles. The molecule has 0 atom stereocenters. The Morgan fingerprint density at radius 3 is 2.41 bits per heavy atom. The van der Waals surface area contributed by atoms with Gasteiger partial charge < -0.3 is 4.74 Å². The fourth-order valence-electron chi connectivity index (χ4n) is 1.48. The highest BCUT2D eigenvalue weighted by atomic mass is 79.9. The van der Waals surface area contributed by atoms with Gasteiger partial charge in [-0.3, -0.25) is 0 Å². The zero-order chi connectivity index (χ0) is 12.3. The summed E-state index contributed by atoms with van der Waals surface area (Å²) in [4.78, 5) is 4.16. The van der Waals surface area contributed by atoms with Gasteiger partial charge in [0, 0.05) is 6.20 Å². The normalized spacial score (nSPS) is 10.6. The van der Waals surface area contributed by atoms with E-state index >= 15 is 0 Å². The van der Waals surface area contributed by atoms with Crippen LogP contribution in [0.5, 0.6) is 11.6 Å². The summed E-state index contributed by atoms with van der Waals surface area (Å²) in [7, 11) is 0. The molecule has 2 aromatic rings. The van der Waals surface area contributed by atoms with Crippen molar-refractivity contribution < 1.29 is 4.74 Å². The van der Waals surface area contributed by atoms with Crippen LogP contribution < -0.4 is 4.74 Å². The summed E-state index contributed by atoms with van der Waals surface area (Å²) in [6.07, 6.45) is 1.71. The number of nitrogens with zero attached hydrogens (tertiary/aromatic N) is 1. The monoisotopic (exact) mass is 291 g/mol. The van der Waals surface area contributed by atoms with Gasteiger partial charge in [-0.25, -0.2) is 4.98 Å². The molecule has 0 fully saturated rings. The zero-order valence-corrected chi connectivity index (χ0v) is 11.4. The van der Waals surface area contributed by atoms with Crippen molar-refractivity contribution >= 4 is 15.9 Å². The Kier molecular flexibility index (Phi) is 3.79. The Morgan fingerprint density at radius 1 is 1.12 bits per heavy atom. The Morgan fingerprint density at radius 2 is 1.82 bits per heavy atom. The summed E-state index contributed by atoms with van der Waals surface area (Å²) in [6, 6.07) is 11.9. The van der Waals surface area contributed by atoms with Crippen LogP contribution in [0.1, 0.15) is 25.3 Å². The van der Waals surface area contributed by atoms with Crippen LogP contribution in [0.15, 0.2) is 47.1 Å². The fourth-order valence-corrected chi connectivity index (χ4v) is 1.81. The highest BCUT2D eigenvalue weighted by molar-refractivity contribution is 9.10. The second-order valence-corrected chi connectivity index (χ2v) is 4.97. The number of hydrogen-bond donors (Lipinski definition) is 0. The van der Waals surface area contributed by atoms with Crippen LogP contribution in [0.2, 0.25) is 0 Å². The molecular formula is C14H14BrNO. The van der Waals surface area contributed by atoms with E-state index in [2.05, 4.69) is 46.9 Å². The first-order valence-corrected chi connectivity index (χ1v) is 6.34. The van der Waals surface area contributed by atoms with Crippen molar-refractivity contribution in [2.75, 3.05) is 0 Å². The van der Waals surface area contributed by atoms with Gasteiger partial charge in [-0.1, -0.05) is 26.0 Å². The minimum absolute atomic E-state index is 0.533. The van der Waals surface area contributed by atoms with Crippen molar-refractivity contribution in [1.29, 1.82) is 0 Å². The number of halogens is 1. The van der Waals surface area contributed by atoms with Crippen LogP contribution >= 0.6 is 15.9 Å². The molecule has 1 aromatic carbocycles. The predicted molar refractivity (Wildman–Crippen MR) is 72.5 cm³/mol. The molecule has 0 spiro atoms. The molecule has 0 aliphatic carbocycles. The van der Waals surface area contributed by atoms with Gasteiger partial charge >= 0.3 is 0 Å². The van der Waals surface area contributed by atoms with E-state index in [1.165, 1.54) is 5.56 Å². The Labute approximate surface area is 110 Å². The van der Waals surface area contributed by atoms with Crippen LogP contribution in [0.3, 0.4) is 0 Å². The molecule has 0 amide bonds. The van der Waals surface area contributed by atoms with E-state index in [0.717, 1.165) is 10.2 Å². The topological polar surface area (TPSA) is 22.1 Å². The van der Waals surface area contributed by atoms with Gasteiger partial charge in [0.25, 0.3) is 0 Å². The maximum atomic E-state index is 5.69. The molecule has 0 saturated carbocycles. The van der Waals surface area contributed by atoms with Gasteiger partial charge in [0.1, 0.15) is 5.75 Å². The van der Waals surface area contributed by atoms with E-state index in [0.29, 0.717) is 11.8 Å². The van der Waals surface area contributed by atoms with E-state index in [4.69, 9.17) is 4.74 Å². The van der Waals surface area contributed by atoms with Gasteiger partial charge in [-0.15, -0.1) is 0 Å². The number of aromatic nitrogens is 1. The second-order valence-electron chi connectivity index (χ2n) is 4.12. The summed E-state index contributed by atoms with van der Waals surface area (Å²) in [5.74, 6) is 1.92. The quantitative estimate of drug-likeness (QED) is 0.813. The zero-order valence-electron chi connectivity index (χ0n) is 9.85. The lowest BCUT2D eigenvalue weighted by atomic mass is 10.0. The first kappa shape index (κ1) is 12.1. The third-order valence-corrected chi connectivity index (χ3v) is 3.09. The van der Waals surface area contributed by atoms with E-state index in [-0.39, 0.29) is 0 Å². The number of hydrogen-bond acceptors (Lipinski definition) is 2. The molecule has 0 radical (unpaired) electrons.